The van der Waals surface area contributed by atoms with Crippen LogP contribution in [-0.2, 0) is 4.79 Å². The van der Waals surface area contributed by atoms with E-state index in [2.05, 4.69) is 24.1 Å². The molecule has 0 aromatic rings. The molecule has 0 aliphatic heterocycles. The van der Waals surface area contributed by atoms with E-state index in [9.17, 15) is 4.79 Å². The zero-order valence-corrected chi connectivity index (χ0v) is 9.14. The normalized spacial score (nSPS) is 9.79. The number of hydrogen-bond acceptors (Lipinski definition) is 2. The maximum absolute atomic E-state index is 10.7. The average Bonchev–Trinajstić information content (AvgIpc) is 2.21. The van der Waals surface area contributed by atoms with E-state index in [0.717, 1.165) is 26.1 Å². The van der Waals surface area contributed by atoms with E-state index in [1.54, 1.807) is 0 Å². The summed E-state index contributed by atoms with van der Waals surface area (Å²) >= 11 is 0. The molecule has 0 fully saturated rings. The third kappa shape index (κ3) is 9.26. The van der Waals surface area contributed by atoms with Crippen molar-refractivity contribution in [1.82, 2.24) is 10.6 Å². The smallest absolute Gasteiger partial charge is 0.243 e. The van der Waals surface area contributed by atoms with Gasteiger partial charge < -0.3 is 10.6 Å². The van der Waals surface area contributed by atoms with Crippen LogP contribution in [0.15, 0.2) is 12.7 Å². The number of amides is 1. The van der Waals surface area contributed by atoms with Gasteiger partial charge in [0.2, 0.25) is 5.91 Å². The van der Waals surface area contributed by atoms with Crippen LogP contribution < -0.4 is 10.6 Å². The Morgan fingerprint density at radius 1 is 1.21 bits per heavy atom. The lowest BCUT2D eigenvalue weighted by Crippen LogP contribution is -2.21. The predicted molar refractivity (Wildman–Crippen MR) is 60.2 cm³/mol. The Morgan fingerprint density at radius 2 is 1.86 bits per heavy atom. The van der Waals surface area contributed by atoms with Gasteiger partial charge in [0.25, 0.3) is 0 Å². The zero-order valence-electron chi connectivity index (χ0n) is 9.14. The van der Waals surface area contributed by atoms with Gasteiger partial charge in [0.1, 0.15) is 0 Å². The highest BCUT2D eigenvalue weighted by Crippen LogP contribution is 1.97. The summed E-state index contributed by atoms with van der Waals surface area (Å²) in [6.45, 7) is 8.43. The summed E-state index contributed by atoms with van der Waals surface area (Å²) in [6.07, 6.45) is 6.01. The van der Waals surface area contributed by atoms with Gasteiger partial charge in [-0.1, -0.05) is 26.3 Å². The molecule has 1 amide bonds. The molecule has 0 aliphatic rings. The third-order valence-corrected chi connectivity index (χ3v) is 2.01. The minimum atomic E-state index is -0.0716. The van der Waals surface area contributed by atoms with Gasteiger partial charge in [0.05, 0.1) is 0 Å². The standard InChI is InChI=1S/C11H22N2O/c1-3-11(14)13-10-8-6-5-7-9-12-4-2/h3,12H,1,4-10H2,2H3,(H,13,14). The van der Waals surface area contributed by atoms with Gasteiger partial charge in [-0.3, -0.25) is 4.79 Å². The fraction of sp³-hybridized carbons (Fsp3) is 0.727. The molecule has 0 spiro atoms. The number of carbonyl (C=O) groups excluding carboxylic acids is 1. The molecule has 0 rings (SSSR count). The van der Waals surface area contributed by atoms with Gasteiger partial charge in [-0.2, -0.15) is 0 Å². The summed E-state index contributed by atoms with van der Waals surface area (Å²) in [4.78, 5) is 10.7. The van der Waals surface area contributed by atoms with Crippen LogP contribution in [0.1, 0.15) is 32.6 Å². The molecule has 0 unspecified atom stereocenters. The summed E-state index contributed by atoms with van der Waals surface area (Å²) in [5, 5.41) is 6.05. The number of carbonyl (C=O) groups is 1. The van der Waals surface area contributed by atoms with E-state index >= 15 is 0 Å². The molecule has 0 saturated carbocycles. The number of rotatable bonds is 9. The minimum absolute atomic E-state index is 0.0716. The second-order valence-corrected chi connectivity index (χ2v) is 3.26. The van der Waals surface area contributed by atoms with E-state index in [-0.39, 0.29) is 5.91 Å². The monoisotopic (exact) mass is 198 g/mol. The highest BCUT2D eigenvalue weighted by atomic mass is 16.1. The maximum Gasteiger partial charge on any atom is 0.243 e. The second kappa shape index (κ2) is 10.3. The van der Waals surface area contributed by atoms with Crippen molar-refractivity contribution in [2.75, 3.05) is 19.6 Å². The van der Waals surface area contributed by atoms with Gasteiger partial charge in [-0.25, -0.2) is 0 Å². The summed E-state index contributed by atoms with van der Waals surface area (Å²) in [7, 11) is 0. The summed E-state index contributed by atoms with van der Waals surface area (Å²) in [6, 6.07) is 0. The Labute approximate surface area is 87.0 Å². The molecule has 3 nitrogen and oxygen atoms in total. The predicted octanol–water partition coefficient (Wildman–Crippen LogP) is 1.46. The van der Waals surface area contributed by atoms with Crippen molar-refractivity contribution >= 4 is 5.91 Å². The molecule has 0 bridgehead atoms. The van der Waals surface area contributed by atoms with Crippen LogP contribution in [0.4, 0.5) is 0 Å². The van der Waals surface area contributed by atoms with Crippen LogP contribution in [0, 0.1) is 0 Å². The lowest BCUT2D eigenvalue weighted by atomic mass is 10.2. The SMILES string of the molecule is C=CC(=O)NCCCCCCNCC. The number of unbranched alkanes of at least 4 members (excludes halogenated alkanes) is 3. The molecule has 0 atom stereocenters. The average molecular weight is 198 g/mol. The van der Waals surface area contributed by atoms with Gasteiger partial charge in [0, 0.05) is 6.54 Å². The molecule has 3 heteroatoms. The van der Waals surface area contributed by atoms with E-state index in [0.29, 0.717) is 0 Å². The van der Waals surface area contributed by atoms with Crippen molar-refractivity contribution in [1.29, 1.82) is 0 Å². The van der Waals surface area contributed by atoms with E-state index < -0.39 is 0 Å². The fourth-order valence-electron chi connectivity index (χ4n) is 1.19. The van der Waals surface area contributed by atoms with Crippen molar-refractivity contribution in [3.05, 3.63) is 12.7 Å². The summed E-state index contributed by atoms with van der Waals surface area (Å²) < 4.78 is 0. The van der Waals surface area contributed by atoms with Crippen LogP contribution in [0.3, 0.4) is 0 Å². The maximum atomic E-state index is 10.7. The number of nitrogens with one attached hydrogen (secondary N) is 2. The Morgan fingerprint density at radius 3 is 2.43 bits per heavy atom. The van der Waals surface area contributed by atoms with Crippen LogP contribution in [0.5, 0.6) is 0 Å². The summed E-state index contributed by atoms with van der Waals surface area (Å²) in [5.41, 5.74) is 0. The lowest BCUT2D eigenvalue weighted by Gasteiger charge is -2.03. The zero-order chi connectivity index (χ0) is 10.6. The van der Waals surface area contributed by atoms with Crippen molar-refractivity contribution in [3.63, 3.8) is 0 Å². The molecule has 0 radical (unpaired) electrons. The first-order valence-corrected chi connectivity index (χ1v) is 5.42. The van der Waals surface area contributed by atoms with E-state index in [4.69, 9.17) is 0 Å². The van der Waals surface area contributed by atoms with Crippen molar-refractivity contribution < 1.29 is 4.79 Å². The molecular formula is C11H22N2O. The quantitative estimate of drug-likeness (QED) is 0.435. The number of hydrogen-bond donors (Lipinski definition) is 2. The summed E-state index contributed by atoms with van der Waals surface area (Å²) in [5.74, 6) is -0.0716. The fourth-order valence-corrected chi connectivity index (χ4v) is 1.19. The van der Waals surface area contributed by atoms with Crippen LogP contribution in [0.2, 0.25) is 0 Å². The molecule has 0 heterocycles. The van der Waals surface area contributed by atoms with Crippen molar-refractivity contribution in [2.24, 2.45) is 0 Å². The lowest BCUT2D eigenvalue weighted by molar-refractivity contribution is -0.116. The van der Waals surface area contributed by atoms with E-state index in [1.807, 2.05) is 0 Å². The van der Waals surface area contributed by atoms with Crippen LogP contribution in [0.25, 0.3) is 0 Å². The molecule has 14 heavy (non-hydrogen) atoms. The van der Waals surface area contributed by atoms with Crippen molar-refractivity contribution in [2.45, 2.75) is 32.6 Å². The Balaban J connectivity index is 2.99. The first-order chi connectivity index (χ1) is 6.81. The Kier molecular flexibility index (Phi) is 9.64. The highest BCUT2D eigenvalue weighted by Gasteiger charge is 1.93. The molecular weight excluding hydrogens is 176 g/mol. The molecule has 82 valence electrons. The van der Waals surface area contributed by atoms with Gasteiger partial charge in [-0.15, -0.1) is 0 Å². The van der Waals surface area contributed by atoms with Crippen LogP contribution >= 0.6 is 0 Å². The first-order valence-electron chi connectivity index (χ1n) is 5.42. The van der Waals surface area contributed by atoms with Gasteiger partial charge >= 0.3 is 0 Å². The van der Waals surface area contributed by atoms with Gasteiger partial charge in [-0.05, 0) is 32.0 Å². The Bertz CT molecular complexity index is 157. The second-order valence-electron chi connectivity index (χ2n) is 3.26. The minimum Gasteiger partial charge on any atom is -0.353 e. The first kappa shape index (κ1) is 13.2. The largest absolute Gasteiger partial charge is 0.353 e. The molecule has 0 aromatic carbocycles. The highest BCUT2D eigenvalue weighted by molar-refractivity contribution is 5.86. The molecule has 0 saturated heterocycles. The Hall–Kier alpha value is -0.830. The van der Waals surface area contributed by atoms with E-state index in [1.165, 1.54) is 25.3 Å². The van der Waals surface area contributed by atoms with Crippen molar-refractivity contribution in [3.8, 4) is 0 Å². The van der Waals surface area contributed by atoms with Crippen LogP contribution in [-0.4, -0.2) is 25.5 Å². The molecule has 0 aromatic heterocycles. The molecule has 2 N–H and O–H groups in total. The topological polar surface area (TPSA) is 41.1 Å². The molecule has 0 aliphatic carbocycles. The third-order valence-electron chi connectivity index (χ3n) is 2.01. The van der Waals surface area contributed by atoms with Gasteiger partial charge in [0.15, 0.2) is 0 Å².